The predicted molar refractivity (Wildman–Crippen MR) is 70.8 cm³/mol. The van der Waals surface area contributed by atoms with Gasteiger partial charge in [-0.1, -0.05) is 34.8 Å². The van der Waals surface area contributed by atoms with E-state index in [9.17, 15) is 0 Å². The summed E-state index contributed by atoms with van der Waals surface area (Å²) in [5.41, 5.74) is 1.14. The van der Waals surface area contributed by atoms with Crippen molar-refractivity contribution in [3.8, 4) is 0 Å². The number of hydrogen-bond acceptors (Lipinski definition) is 2. The number of ether oxygens (including phenoxy) is 1. The second-order valence-electron chi connectivity index (χ2n) is 4.21. The molecule has 1 aliphatic rings. The summed E-state index contributed by atoms with van der Waals surface area (Å²) in [6, 6.07) is 8.21. The fraction of sp³-hybridized carbons (Fsp3) is 0.538. The standard InChI is InChI=1S/C13H18BrNO/c14-11-4-3-5-12(10-11)15-8-9-16-13-6-1-2-7-13/h3-5,10,13,15H,1-2,6-9H2. The molecular weight excluding hydrogens is 266 g/mol. The second-order valence-corrected chi connectivity index (χ2v) is 5.13. The van der Waals surface area contributed by atoms with Gasteiger partial charge < -0.3 is 10.1 Å². The zero-order chi connectivity index (χ0) is 11.2. The number of anilines is 1. The first kappa shape index (κ1) is 11.9. The van der Waals surface area contributed by atoms with Gasteiger partial charge in [0.15, 0.2) is 0 Å². The van der Waals surface area contributed by atoms with Gasteiger partial charge in [0.25, 0.3) is 0 Å². The van der Waals surface area contributed by atoms with Crippen LogP contribution in [0.25, 0.3) is 0 Å². The summed E-state index contributed by atoms with van der Waals surface area (Å²) in [7, 11) is 0. The number of hydrogen-bond donors (Lipinski definition) is 1. The molecule has 1 fully saturated rings. The number of benzene rings is 1. The zero-order valence-electron chi connectivity index (χ0n) is 9.42. The third-order valence-corrected chi connectivity index (χ3v) is 3.40. The molecule has 88 valence electrons. The van der Waals surface area contributed by atoms with Gasteiger partial charge in [-0.2, -0.15) is 0 Å². The summed E-state index contributed by atoms with van der Waals surface area (Å²) in [6.45, 7) is 1.68. The van der Waals surface area contributed by atoms with Crippen LogP contribution >= 0.6 is 15.9 Å². The third kappa shape index (κ3) is 3.80. The van der Waals surface area contributed by atoms with Crippen LogP contribution in [0.3, 0.4) is 0 Å². The fourth-order valence-electron chi connectivity index (χ4n) is 2.07. The lowest BCUT2D eigenvalue weighted by Crippen LogP contribution is -2.15. The van der Waals surface area contributed by atoms with Gasteiger partial charge in [0, 0.05) is 16.7 Å². The molecule has 1 saturated carbocycles. The van der Waals surface area contributed by atoms with Gasteiger partial charge in [0.05, 0.1) is 12.7 Å². The minimum Gasteiger partial charge on any atom is -0.383 e. The van der Waals surface area contributed by atoms with Crippen molar-refractivity contribution in [1.29, 1.82) is 0 Å². The Morgan fingerprint density at radius 2 is 2.12 bits per heavy atom. The first-order valence-corrected chi connectivity index (χ1v) is 6.75. The minimum atomic E-state index is 0.518. The predicted octanol–water partition coefficient (Wildman–Crippen LogP) is 3.82. The summed E-state index contributed by atoms with van der Waals surface area (Å²) < 4.78 is 6.89. The molecule has 1 N–H and O–H groups in total. The highest BCUT2D eigenvalue weighted by molar-refractivity contribution is 9.10. The van der Waals surface area contributed by atoms with Gasteiger partial charge in [-0.15, -0.1) is 0 Å². The second kappa shape index (κ2) is 6.26. The molecule has 0 unspecified atom stereocenters. The monoisotopic (exact) mass is 283 g/mol. The molecule has 0 amide bonds. The lowest BCUT2D eigenvalue weighted by atomic mass is 10.3. The molecular formula is C13H18BrNO. The normalized spacial score (nSPS) is 16.6. The Hall–Kier alpha value is -0.540. The van der Waals surface area contributed by atoms with E-state index in [2.05, 4.69) is 33.4 Å². The van der Waals surface area contributed by atoms with E-state index < -0.39 is 0 Å². The molecule has 2 rings (SSSR count). The van der Waals surface area contributed by atoms with E-state index in [4.69, 9.17) is 4.74 Å². The van der Waals surface area contributed by atoms with E-state index in [0.29, 0.717) is 6.10 Å². The maximum absolute atomic E-state index is 5.78. The van der Waals surface area contributed by atoms with Crippen LogP contribution in [0.5, 0.6) is 0 Å². The zero-order valence-corrected chi connectivity index (χ0v) is 11.0. The molecule has 0 saturated heterocycles. The highest BCUT2D eigenvalue weighted by Gasteiger charge is 2.14. The van der Waals surface area contributed by atoms with Crippen LogP contribution in [0.4, 0.5) is 5.69 Å². The summed E-state index contributed by atoms with van der Waals surface area (Å²) in [5, 5.41) is 3.35. The molecule has 16 heavy (non-hydrogen) atoms. The van der Waals surface area contributed by atoms with Crippen molar-refractivity contribution in [3.63, 3.8) is 0 Å². The summed E-state index contributed by atoms with van der Waals surface area (Å²) in [6.07, 6.45) is 5.69. The van der Waals surface area contributed by atoms with Crippen LogP contribution in [-0.4, -0.2) is 19.3 Å². The van der Waals surface area contributed by atoms with Gasteiger partial charge >= 0.3 is 0 Å². The average Bonchev–Trinajstić information content (AvgIpc) is 2.77. The van der Waals surface area contributed by atoms with E-state index >= 15 is 0 Å². The molecule has 2 nitrogen and oxygen atoms in total. The lowest BCUT2D eigenvalue weighted by Gasteiger charge is -2.12. The average molecular weight is 284 g/mol. The number of rotatable bonds is 5. The summed E-state index contributed by atoms with van der Waals surface area (Å²) in [5.74, 6) is 0. The Balaban J connectivity index is 1.64. The lowest BCUT2D eigenvalue weighted by molar-refractivity contribution is 0.0659. The van der Waals surface area contributed by atoms with E-state index in [1.165, 1.54) is 25.7 Å². The fourth-order valence-corrected chi connectivity index (χ4v) is 2.47. The van der Waals surface area contributed by atoms with Crippen molar-refractivity contribution in [2.24, 2.45) is 0 Å². The van der Waals surface area contributed by atoms with Gasteiger partial charge in [-0.25, -0.2) is 0 Å². The van der Waals surface area contributed by atoms with Crippen LogP contribution in [0.1, 0.15) is 25.7 Å². The highest BCUT2D eigenvalue weighted by Crippen LogP contribution is 2.20. The van der Waals surface area contributed by atoms with E-state index in [1.807, 2.05) is 12.1 Å². The molecule has 0 atom stereocenters. The topological polar surface area (TPSA) is 21.3 Å². The maximum Gasteiger partial charge on any atom is 0.0642 e. The van der Waals surface area contributed by atoms with Crippen molar-refractivity contribution in [2.45, 2.75) is 31.8 Å². The van der Waals surface area contributed by atoms with Crippen LogP contribution in [0, 0.1) is 0 Å². The van der Waals surface area contributed by atoms with Crippen LogP contribution in [0.15, 0.2) is 28.7 Å². The Morgan fingerprint density at radius 3 is 2.88 bits per heavy atom. The van der Waals surface area contributed by atoms with Crippen molar-refractivity contribution in [1.82, 2.24) is 0 Å². The smallest absolute Gasteiger partial charge is 0.0642 e. The van der Waals surface area contributed by atoms with Crippen molar-refractivity contribution in [3.05, 3.63) is 28.7 Å². The number of nitrogens with one attached hydrogen (secondary N) is 1. The largest absolute Gasteiger partial charge is 0.383 e. The maximum atomic E-state index is 5.78. The number of halogens is 1. The summed E-state index contributed by atoms with van der Waals surface area (Å²) >= 11 is 3.45. The van der Waals surface area contributed by atoms with Crippen molar-refractivity contribution < 1.29 is 4.74 Å². The molecule has 0 aliphatic heterocycles. The summed E-state index contributed by atoms with van der Waals surface area (Å²) in [4.78, 5) is 0. The van der Waals surface area contributed by atoms with Crippen LogP contribution < -0.4 is 5.32 Å². The Labute approximate surface area is 106 Å². The van der Waals surface area contributed by atoms with Gasteiger partial charge in [-0.3, -0.25) is 0 Å². The first-order valence-electron chi connectivity index (χ1n) is 5.95. The Kier molecular flexibility index (Phi) is 4.67. The molecule has 1 aromatic carbocycles. The minimum absolute atomic E-state index is 0.518. The highest BCUT2D eigenvalue weighted by atomic mass is 79.9. The van der Waals surface area contributed by atoms with Crippen molar-refractivity contribution in [2.75, 3.05) is 18.5 Å². The van der Waals surface area contributed by atoms with Crippen LogP contribution in [-0.2, 0) is 4.74 Å². The molecule has 3 heteroatoms. The molecule has 0 radical (unpaired) electrons. The van der Waals surface area contributed by atoms with Gasteiger partial charge in [0.2, 0.25) is 0 Å². The van der Waals surface area contributed by atoms with E-state index in [1.54, 1.807) is 0 Å². The molecule has 0 bridgehead atoms. The Bertz CT molecular complexity index is 323. The molecule has 0 aromatic heterocycles. The van der Waals surface area contributed by atoms with E-state index in [-0.39, 0.29) is 0 Å². The van der Waals surface area contributed by atoms with Gasteiger partial charge in [0.1, 0.15) is 0 Å². The third-order valence-electron chi connectivity index (χ3n) is 2.91. The SMILES string of the molecule is Brc1cccc(NCCOC2CCCC2)c1. The van der Waals surface area contributed by atoms with Crippen LogP contribution in [0.2, 0.25) is 0 Å². The van der Waals surface area contributed by atoms with Crippen molar-refractivity contribution >= 4 is 21.6 Å². The Morgan fingerprint density at radius 1 is 1.31 bits per heavy atom. The quantitative estimate of drug-likeness (QED) is 0.830. The molecule has 0 spiro atoms. The molecule has 0 heterocycles. The van der Waals surface area contributed by atoms with Gasteiger partial charge in [-0.05, 0) is 31.0 Å². The van der Waals surface area contributed by atoms with E-state index in [0.717, 1.165) is 23.3 Å². The first-order chi connectivity index (χ1) is 7.84. The molecule has 1 aromatic rings. The molecule has 1 aliphatic carbocycles.